The normalized spacial score (nSPS) is 13.6. The Kier molecular flexibility index (Phi) is 10.0. The summed E-state index contributed by atoms with van der Waals surface area (Å²) < 4.78 is 37.7. The lowest BCUT2D eigenvalue weighted by atomic mass is 10.1. The Morgan fingerprint density at radius 3 is 2.39 bits per heavy atom. The van der Waals surface area contributed by atoms with Gasteiger partial charge in [-0.25, -0.2) is 8.42 Å². The second-order valence-corrected chi connectivity index (χ2v) is 11.8. The number of hydrogen-bond donors (Lipinski definition) is 1. The van der Waals surface area contributed by atoms with Gasteiger partial charge in [0.2, 0.25) is 21.8 Å². The molecule has 1 N–H and O–H groups in total. The van der Waals surface area contributed by atoms with Crippen molar-refractivity contribution in [2.45, 2.75) is 65.6 Å². The quantitative estimate of drug-likeness (QED) is 0.437. The second-order valence-electron chi connectivity index (χ2n) is 9.86. The van der Waals surface area contributed by atoms with Gasteiger partial charge in [-0.3, -0.25) is 13.9 Å². The van der Waals surface area contributed by atoms with Gasteiger partial charge in [0.25, 0.3) is 0 Å². The molecule has 208 valence electrons. The molecule has 1 aliphatic rings. The van der Waals surface area contributed by atoms with Gasteiger partial charge in [-0.15, -0.1) is 0 Å². The Morgan fingerprint density at radius 1 is 1.05 bits per heavy atom. The number of aryl methyl sites for hydroxylation is 1. The van der Waals surface area contributed by atoms with E-state index >= 15 is 0 Å². The Labute approximate surface area is 226 Å². The van der Waals surface area contributed by atoms with Gasteiger partial charge in [0.1, 0.15) is 19.3 Å². The summed E-state index contributed by atoms with van der Waals surface area (Å²) in [6, 6.07) is 12.2. The van der Waals surface area contributed by atoms with Crippen LogP contribution < -0.4 is 19.1 Å². The molecule has 0 aromatic heterocycles. The molecule has 2 aromatic carbocycles. The SMILES string of the molecule is CC[C@@H](C(=O)NC(C)C)N(Cc1cccc(C)c1)C(=O)CCCN(c1ccc2c(c1)OCCO2)S(C)(=O)=O. The highest BCUT2D eigenvalue weighted by Crippen LogP contribution is 2.34. The summed E-state index contributed by atoms with van der Waals surface area (Å²) in [6.45, 7) is 8.87. The highest BCUT2D eigenvalue weighted by molar-refractivity contribution is 7.92. The molecule has 0 fully saturated rings. The van der Waals surface area contributed by atoms with Crippen molar-refractivity contribution in [3.63, 3.8) is 0 Å². The summed E-state index contributed by atoms with van der Waals surface area (Å²) in [5.41, 5.74) is 2.45. The molecule has 0 radical (unpaired) electrons. The zero-order chi connectivity index (χ0) is 27.9. The second kappa shape index (κ2) is 13.0. The van der Waals surface area contributed by atoms with Crippen LogP contribution in [0, 0.1) is 6.92 Å². The van der Waals surface area contributed by atoms with E-state index < -0.39 is 16.1 Å². The smallest absolute Gasteiger partial charge is 0.243 e. The van der Waals surface area contributed by atoms with Gasteiger partial charge in [0.05, 0.1) is 11.9 Å². The molecule has 1 atom stereocenters. The third kappa shape index (κ3) is 7.86. The molecular formula is C28H39N3O6S. The zero-order valence-electron chi connectivity index (χ0n) is 22.9. The van der Waals surface area contributed by atoms with Crippen LogP contribution in [0.5, 0.6) is 11.5 Å². The summed E-state index contributed by atoms with van der Waals surface area (Å²) >= 11 is 0. The van der Waals surface area contributed by atoms with Crippen LogP contribution in [0.15, 0.2) is 42.5 Å². The van der Waals surface area contributed by atoms with Crippen molar-refractivity contribution in [1.29, 1.82) is 0 Å². The van der Waals surface area contributed by atoms with Crippen molar-refractivity contribution in [3.8, 4) is 11.5 Å². The van der Waals surface area contributed by atoms with E-state index in [0.29, 0.717) is 43.4 Å². The highest BCUT2D eigenvalue weighted by Gasteiger charge is 2.29. The first kappa shape index (κ1) is 29.3. The lowest BCUT2D eigenvalue weighted by Crippen LogP contribution is -2.50. The predicted molar refractivity (Wildman–Crippen MR) is 148 cm³/mol. The van der Waals surface area contributed by atoms with E-state index in [-0.39, 0.29) is 37.2 Å². The van der Waals surface area contributed by atoms with Gasteiger partial charge < -0.3 is 19.7 Å². The molecular weight excluding hydrogens is 506 g/mol. The van der Waals surface area contributed by atoms with E-state index in [4.69, 9.17) is 9.47 Å². The zero-order valence-corrected chi connectivity index (χ0v) is 23.7. The summed E-state index contributed by atoms with van der Waals surface area (Å²) in [4.78, 5) is 28.1. The number of anilines is 1. The molecule has 2 amide bonds. The highest BCUT2D eigenvalue weighted by atomic mass is 32.2. The summed E-state index contributed by atoms with van der Waals surface area (Å²) in [7, 11) is -3.62. The summed E-state index contributed by atoms with van der Waals surface area (Å²) in [5, 5.41) is 2.92. The molecule has 10 heteroatoms. The fraction of sp³-hybridized carbons (Fsp3) is 0.500. The van der Waals surface area contributed by atoms with E-state index in [1.807, 2.05) is 52.0 Å². The maximum atomic E-state index is 13.5. The van der Waals surface area contributed by atoms with Crippen molar-refractivity contribution in [2.75, 3.05) is 30.3 Å². The number of nitrogens with one attached hydrogen (secondary N) is 1. The van der Waals surface area contributed by atoms with Gasteiger partial charge >= 0.3 is 0 Å². The van der Waals surface area contributed by atoms with Crippen LogP contribution in [0.25, 0.3) is 0 Å². The first-order valence-corrected chi connectivity index (χ1v) is 14.9. The van der Waals surface area contributed by atoms with E-state index in [1.54, 1.807) is 23.1 Å². The van der Waals surface area contributed by atoms with Gasteiger partial charge in [-0.05, 0) is 51.3 Å². The van der Waals surface area contributed by atoms with Crippen LogP contribution in [0.4, 0.5) is 5.69 Å². The van der Waals surface area contributed by atoms with Gasteiger partial charge in [0.15, 0.2) is 11.5 Å². The van der Waals surface area contributed by atoms with Crippen molar-refractivity contribution in [2.24, 2.45) is 0 Å². The van der Waals surface area contributed by atoms with Crippen LogP contribution in [-0.4, -0.2) is 63.2 Å². The van der Waals surface area contributed by atoms with Gasteiger partial charge in [-0.2, -0.15) is 0 Å². The average molecular weight is 546 g/mol. The molecule has 2 aromatic rings. The molecule has 0 unspecified atom stereocenters. The number of rotatable bonds is 12. The number of benzene rings is 2. The van der Waals surface area contributed by atoms with Crippen LogP contribution >= 0.6 is 0 Å². The number of ether oxygens (including phenoxy) is 2. The third-order valence-corrected chi connectivity index (χ3v) is 7.41. The van der Waals surface area contributed by atoms with Gasteiger partial charge in [-0.1, -0.05) is 36.8 Å². The first-order valence-electron chi connectivity index (χ1n) is 13.0. The average Bonchev–Trinajstić information content (AvgIpc) is 2.85. The molecule has 38 heavy (non-hydrogen) atoms. The van der Waals surface area contributed by atoms with Crippen LogP contribution in [0.1, 0.15) is 51.2 Å². The number of nitrogens with zero attached hydrogens (tertiary/aromatic N) is 2. The maximum absolute atomic E-state index is 13.5. The van der Waals surface area contributed by atoms with E-state index in [2.05, 4.69) is 5.32 Å². The van der Waals surface area contributed by atoms with E-state index in [0.717, 1.165) is 17.4 Å². The molecule has 1 aliphatic heterocycles. The summed E-state index contributed by atoms with van der Waals surface area (Å²) in [6.07, 6.45) is 1.97. The fourth-order valence-electron chi connectivity index (χ4n) is 4.50. The molecule has 0 spiro atoms. The van der Waals surface area contributed by atoms with Crippen molar-refractivity contribution in [3.05, 3.63) is 53.6 Å². The largest absolute Gasteiger partial charge is 0.486 e. The Morgan fingerprint density at radius 2 is 1.76 bits per heavy atom. The number of hydrogen-bond acceptors (Lipinski definition) is 6. The van der Waals surface area contributed by atoms with Crippen molar-refractivity contribution >= 4 is 27.5 Å². The van der Waals surface area contributed by atoms with Crippen LogP contribution in [0.2, 0.25) is 0 Å². The lowest BCUT2D eigenvalue weighted by Gasteiger charge is -2.31. The number of sulfonamides is 1. The molecule has 0 saturated heterocycles. The van der Waals surface area contributed by atoms with Gasteiger partial charge in [0, 0.05) is 31.6 Å². The number of fused-ring (bicyclic) bond motifs is 1. The fourth-order valence-corrected chi connectivity index (χ4v) is 5.46. The van der Waals surface area contributed by atoms with Crippen LogP contribution in [0.3, 0.4) is 0 Å². The minimum atomic E-state index is -3.62. The molecule has 3 rings (SSSR count). The molecule has 9 nitrogen and oxygen atoms in total. The van der Waals surface area contributed by atoms with Crippen molar-refractivity contribution in [1.82, 2.24) is 10.2 Å². The van der Waals surface area contributed by atoms with E-state index in [9.17, 15) is 18.0 Å². The topological polar surface area (TPSA) is 105 Å². The minimum absolute atomic E-state index is 0.0539. The Hall–Kier alpha value is -3.27. The standard InChI is InChI=1S/C28H39N3O6S/c1-6-24(28(33)29-20(2)3)30(19-22-10-7-9-21(4)17-22)27(32)11-8-14-31(38(5,34)35)23-12-13-25-26(18-23)37-16-15-36-25/h7,9-10,12-13,17-18,20,24H,6,8,11,14-16,19H2,1-5H3,(H,29,33)/t24-/m0/s1. The lowest BCUT2D eigenvalue weighted by molar-refractivity contribution is -0.141. The molecule has 0 bridgehead atoms. The minimum Gasteiger partial charge on any atom is -0.486 e. The Bertz CT molecular complexity index is 1230. The monoisotopic (exact) mass is 545 g/mol. The molecule has 0 saturated carbocycles. The number of amides is 2. The Balaban J connectivity index is 1.77. The summed E-state index contributed by atoms with van der Waals surface area (Å²) in [5.74, 6) is 0.663. The van der Waals surface area contributed by atoms with E-state index in [1.165, 1.54) is 4.31 Å². The molecule has 0 aliphatic carbocycles. The number of carbonyl (C=O) groups excluding carboxylic acids is 2. The predicted octanol–water partition coefficient (Wildman–Crippen LogP) is 3.64. The van der Waals surface area contributed by atoms with Crippen LogP contribution in [-0.2, 0) is 26.2 Å². The first-order chi connectivity index (χ1) is 18.0. The number of carbonyl (C=O) groups is 2. The van der Waals surface area contributed by atoms with Crippen molar-refractivity contribution < 1.29 is 27.5 Å². The third-order valence-electron chi connectivity index (χ3n) is 6.22. The molecule has 1 heterocycles. The maximum Gasteiger partial charge on any atom is 0.243 e.